The van der Waals surface area contributed by atoms with E-state index >= 15 is 0 Å². The number of rotatable bonds is 3. The highest BCUT2D eigenvalue weighted by atomic mass is 35.5. The van der Waals surface area contributed by atoms with E-state index in [1.807, 2.05) is 13.8 Å². The molecule has 0 aliphatic carbocycles. The van der Waals surface area contributed by atoms with Crippen molar-refractivity contribution in [3.05, 3.63) is 34.9 Å². The fraction of sp³-hybridized carbons (Fsp3) is 0.467. The first kappa shape index (κ1) is 15.8. The van der Waals surface area contributed by atoms with E-state index in [1.165, 1.54) is 0 Å². The van der Waals surface area contributed by atoms with Crippen molar-refractivity contribution < 1.29 is 14.3 Å². The van der Waals surface area contributed by atoms with E-state index in [0.717, 1.165) is 0 Å². The Balaban J connectivity index is 1.86. The molecule has 0 spiro atoms. The molecular formula is C15H19ClN2O3. The number of halogens is 1. The summed E-state index contributed by atoms with van der Waals surface area (Å²) in [4.78, 5) is 25.8. The predicted molar refractivity (Wildman–Crippen MR) is 80.4 cm³/mol. The molecule has 1 heterocycles. The molecule has 5 nitrogen and oxygen atoms in total. The van der Waals surface area contributed by atoms with Gasteiger partial charge in [0.25, 0.3) is 5.91 Å². The second kappa shape index (κ2) is 6.91. The number of hydrogen-bond donors (Lipinski definition) is 1. The Labute approximate surface area is 129 Å². The fourth-order valence-corrected chi connectivity index (χ4v) is 2.48. The smallest absolute Gasteiger partial charge is 0.251 e. The van der Waals surface area contributed by atoms with Crippen molar-refractivity contribution in [2.45, 2.75) is 26.1 Å². The van der Waals surface area contributed by atoms with Gasteiger partial charge in [-0.2, -0.15) is 0 Å². The van der Waals surface area contributed by atoms with Crippen LogP contribution in [0, 0.1) is 0 Å². The average Bonchev–Trinajstić information content (AvgIpc) is 2.44. The van der Waals surface area contributed by atoms with Crippen molar-refractivity contribution in [2.24, 2.45) is 0 Å². The summed E-state index contributed by atoms with van der Waals surface area (Å²) in [5.41, 5.74) is 0.482. The number of morpholine rings is 1. The highest BCUT2D eigenvalue weighted by Crippen LogP contribution is 2.11. The Bertz CT molecular complexity index is 508. The van der Waals surface area contributed by atoms with E-state index in [9.17, 15) is 9.59 Å². The summed E-state index contributed by atoms with van der Waals surface area (Å²) in [5, 5.41) is 3.20. The predicted octanol–water partition coefficient (Wildman–Crippen LogP) is 1.71. The molecule has 1 aromatic rings. The summed E-state index contributed by atoms with van der Waals surface area (Å²) in [6, 6.07) is 6.54. The maximum Gasteiger partial charge on any atom is 0.251 e. The van der Waals surface area contributed by atoms with Crippen LogP contribution in [0.25, 0.3) is 0 Å². The first-order chi connectivity index (χ1) is 9.95. The van der Waals surface area contributed by atoms with Gasteiger partial charge in [0.15, 0.2) is 0 Å². The average molecular weight is 311 g/mol. The third kappa shape index (κ3) is 4.44. The quantitative estimate of drug-likeness (QED) is 0.924. The van der Waals surface area contributed by atoms with E-state index in [4.69, 9.17) is 16.3 Å². The molecule has 0 saturated carbocycles. The van der Waals surface area contributed by atoms with Gasteiger partial charge in [-0.3, -0.25) is 9.59 Å². The molecule has 0 radical (unpaired) electrons. The lowest BCUT2D eigenvalue weighted by Gasteiger charge is -2.35. The normalized spacial score (nSPS) is 22.0. The van der Waals surface area contributed by atoms with Gasteiger partial charge in [0.05, 0.1) is 18.8 Å². The topological polar surface area (TPSA) is 58.6 Å². The molecule has 0 bridgehead atoms. The zero-order valence-electron chi connectivity index (χ0n) is 12.1. The first-order valence-electron chi connectivity index (χ1n) is 6.92. The standard InChI is InChI=1S/C15H19ClN2O3/c1-10-8-18(9-11(2)21-10)14(19)7-17-15(20)12-3-5-13(16)6-4-12/h3-6,10-11H,7-9H2,1-2H3,(H,17,20)/t10-,11+. The van der Waals surface area contributed by atoms with Gasteiger partial charge in [-0.25, -0.2) is 0 Å². The van der Waals surface area contributed by atoms with E-state index in [-0.39, 0.29) is 30.6 Å². The molecule has 114 valence electrons. The first-order valence-corrected chi connectivity index (χ1v) is 7.30. The van der Waals surface area contributed by atoms with Crippen LogP contribution in [-0.2, 0) is 9.53 Å². The van der Waals surface area contributed by atoms with Gasteiger partial charge in [0.2, 0.25) is 5.91 Å². The lowest BCUT2D eigenvalue weighted by Crippen LogP contribution is -2.51. The van der Waals surface area contributed by atoms with Crippen molar-refractivity contribution in [1.82, 2.24) is 10.2 Å². The minimum absolute atomic E-state index is 0.0130. The number of benzene rings is 1. The fourth-order valence-electron chi connectivity index (χ4n) is 2.35. The second-order valence-corrected chi connectivity index (χ2v) is 5.68. The van der Waals surface area contributed by atoms with E-state index in [1.54, 1.807) is 29.2 Å². The second-order valence-electron chi connectivity index (χ2n) is 5.25. The summed E-state index contributed by atoms with van der Waals surface area (Å²) in [6.07, 6.45) is 0.0364. The zero-order valence-corrected chi connectivity index (χ0v) is 12.9. The lowest BCUT2D eigenvalue weighted by molar-refractivity contribution is -0.142. The Morgan fingerprint density at radius 3 is 2.38 bits per heavy atom. The van der Waals surface area contributed by atoms with E-state index in [2.05, 4.69) is 5.32 Å². The molecule has 0 unspecified atom stereocenters. The van der Waals surface area contributed by atoms with Crippen LogP contribution in [0.4, 0.5) is 0 Å². The molecule has 6 heteroatoms. The van der Waals surface area contributed by atoms with Gasteiger partial charge in [-0.05, 0) is 38.1 Å². The largest absolute Gasteiger partial charge is 0.372 e. The van der Waals surface area contributed by atoms with Crippen molar-refractivity contribution in [1.29, 1.82) is 0 Å². The molecule has 2 amide bonds. The molecule has 0 aromatic heterocycles. The number of amides is 2. The SMILES string of the molecule is C[C@@H]1CN(C(=O)CNC(=O)c2ccc(Cl)cc2)C[C@H](C)O1. The van der Waals surface area contributed by atoms with Crippen molar-refractivity contribution in [3.63, 3.8) is 0 Å². The molecule has 1 aliphatic rings. The van der Waals surface area contributed by atoms with Gasteiger partial charge in [0.1, 0.15) is 0 Å². The third-order valence-corrected chi connectivity index (χ3v) is 3.53. The van der Waals surface area contributed by atoms with Crippen LogP contribution in [-0.4, -0.2) is 48.6 Å². The van der Waals surface area contributed by atoms with Crippen LogP contribution < -0.4 is 5.32 Å². The summed E-state index contributed by atoms with van der Waals surface area (Å²) >= 11 is 5.77. The van der Waals surface area contributed by atoms with Gasteiger partial charge in [0, 0.05) is 23.7 Å². The van der Waals surface area contributed by atoms with Crippen LogP contribution in [0.2, 0.25) is 5.02 Å². The van der Waals surface area contributed by atoms with E-state index in [0.29, 0.717) is 23.7 Å². The molecule has 21 heavy (non-hydrogen) atoms. The Morgan fingerprint density at radius 1 is 1.24 bits per heavy atom. The summed E-state index contributed by atoms with van der Waals surface area (Å²) in [6.45, 7) is 4.96. The maximum absolute atomic E-state index is 12.1. The number of nitrogens with one attached hydrogen (secondary N) is 1. The number of hydrogen-bond acceptors (Lipinski definition) is 3. The van der Waals surface area contributed by atoms with Crippen molar-refractivity contribution in [3.8, 4) is 0 Å². The number of carbonyl (C=O) groups excluding carboxylic acids is 2. The molecule has 1 fully saturated rings. The van der Waals surface area contributed by atoms with Gasteiger partial charge in [-0.15, -0.1) is 0 Å². The number of nitrogens with zero attached hydrogens (tertiary/aromatic N) is 1. The zero-order chi connectivity index (χ0) is 15.4. The number of carbonyl (C=O) groups is 2. The number of ether oxygens (including phenoxy) is 1. The van der Waals surface area contributed by atoms with Gasteiger partial charge < -0.3 is 15.0 Å². The summed E-state index contributed by atoms with van der Waals surface area (Å²) in [5.74, 6) is -0.381. The van der Waals surface area contributed by atoms with Gasteiger partial charge in [-0.1, -0.05) is 11.6 Å². The minimum Gasteiger partial charge on any atom is -0.372 e. The highest BCUT2D eigenvalue weighted by Gasteiger charge is 2.25. The van der Waals surface area contributed by atoms with Crippen molar-refractivity contribution in [2.75, 3.05) is 19.6 Å². The van der Waals surface area contributed by atoms with Gasteiger partial charge >= 0.3 is 0 Å². The Morgan fingerprint density at radius 2 is 1.81 bits per heavy atom. The van der Waals surface area contributed by atoms with Crippen LogP contribution in [0.5, 0.6) is 0 Å². The van der Waals surface area contributed by atoms with Crippen LogP contribution in [0.15, 0.2) is 24.3 Å². The molecule has 1 aliphatic heterocycles. The summed E-state index contributed by atoms with van der Waals surface area (Å²) < 4.78 is 5.58. The molecule has 2 atom stereocenters. The molecule has 1 aromatic carbocycles. The van der Waals surface area contributed by atoms with Crippen molar-refractivity contribution >= 4 is 23.4 Å². The highest BCUT2D eigenvalue weighted by molar-refractivity contribution is 6.30. The molecular weight excluding hydrogens is 292 g/mol. The summed E-state index contributed by atoms with van der Waals surface area (Å²) in [7, 11) is 0. The monoisotopic (exact) mass is 310 g/mol. The van der Waals surface area contributed by atoms with Crippen LogP contribution in [0.3, 0.4) is 0 Å². The Hall–Kier alpha value is -1.59. The third-order valence-electron chi connectivity index (χ3n) is 3.28. The Kier molecular flexibility index (Phi) is 5.20. The lowest BCUT2D eigenvalue weighted by atomic mass is 10.2. The minimum atomic E-state index is -0.283. The van der Waals surface area contributed by atoms with Crippen LogP contribution >= 0.6 is 11.6 Å². The van der Waals surface area contributed by atoms with Crippen LogP contribution in [0.1, 0.15) is 24.2 Å². The van der Waals surface area contributed by atoms with E-state index < -0.39 is 0 Å². The molecule has 1 N–H and O–H groups in total. The molecule has 2 rings (SSSR count). The maximum atomic E-state index is 12.1. The molecule has 1 saturated heterocycles.